The zero-order valence-corrected chi connectivity index (χ0v) is 15.1. The van der Waals surface area contributed by atoms with Crippen LogP contribution in [-0.2, 0) is 19.6 Å². The molecule has 1 N–H and O–H groups in total. The first kappa shape index (κ1) is 16.6. The van der Waals surface area contributed by atoms with E-state index >= 15 is 0 Å². The Hall–Kier alpha value is -0.760. The van der Waals surface area contributed by atoms with E-state index in [9.17, 15) is 0 Å². The number of hydrogen-bond acceptors (Lipinski definition) is 5. The Labute approximate surface area is 138 Å². The van der Waals surface area contributed by atoms with Crippen LogP contribution in [0.25, 0.3) is 0 Å². The SMILES string of the molecule is CC(C)NCc1cn(CCN(C)Cc2cc(Br)cs2)nn1. The maximum atomic E-state index is 4.18. The smallest absolute Gasteiger partial charge is 0.0964 e. The summed E-state index contributed by atoms with van der Waals surface area (Å²) in [6.07, 6.45) is 2.02. The van der Waals surface area contributed by atoms with E-state index in [0.717, 1.165) is 36.3 Å². The number of aromatic nitrogens is 3. The molecule has 0 saturated carbocycles. The molecule has 2 heterocycles. The van der Waals surface area contributed by atoms with Gasteiger partial charge in [0.15, 0.2) is 0 Å². The first-order valence-corrected chi connectivity index (χ1v) is 8.74. The van der Waals surface area contributed by atoms with Crippen LogP contribution >= 0.6 is 27.3 Å². The minimum atomic E-state index is 0.464. The average molecular weight is 372 g/mol. The quantitative estimate of drug-likeness (QED) is 0.774. The lowest BCUT2D eigenvalue weighted by atomic mass is 10.3. The van der Waals surface area contributed by atoms with Gasteiger partial charge in [-0.3, -0.25) is 9.58 Å². The topological polar surface area (TPSA) is 46.0 Å². The molecule has 7 heteroatoms. The van der Waals surface area contributed by atoms with E-state index in [1.54, 1.807) is 11.3 Å². The second kappa shape index (κ2) is 8.03. The van der Waals surface area contributed by atoms with Crippen molar-refractivity contribution in [1.29, 1.82) is 0 Å². The number of hydrogen-bond donors (Lipinski definition) is 1. The summed E-state index contributed by atoms with van der Waals surface area (Å²) in [7, 11) is 2.13. The number of halogens is 1. The van der Waals surface area contributed by atoms with Crippen LogP contribution < -0.4 is 5.32 Å². The van der Waals surface area contributed by atoms with Gasteiger partial charge in [-0.15, -0.1) is 16.4 Å². The standard InChI is InChI=1S/C14H22BrN5S/c1-11(2)16-7-13-8-20(18-17-13)5-4-19(3)9-14-6-12(15)10-21-14/h6,8,10-11,16H,4-5,7,9H2,1-3H3. The number of nitrogens with zero attached hydrogens (tertiary/aromatic N) is 4. The van der Waals surface area contributed by atoms with Crippen LogP contribution in [0.5, 0.6) is 0 Å². The molecule has 0 saturated heterocycles. The Morgan fingerprint density at radius 3 is 2.95 bits per heavy atom. The van der Waals surface area contributed by atoms with Gasteiger partial charge in [-0.1, -0.05) is 19.1 Å². The monoisotopic (exact) mass is 371 g/mol. The van der Waals surface area contributed by atoms with Crippen molar-refractivity contribution in [3.05, 3.63) is 32.7 Å². The Morgan fingerprint density at radius 2 is 2.29 bits per heavy atom. The van der Waals surface area contributed by atoms with Crippen LogP contribution in [0.1, 0.15) is 24.4 Å². The highest BCUT2D eigenvalue weighted by Crippen LogP contribution is 2.20. The lowest BCUT2D eigenvalue weighted by Gasteiger charge is -2.14. The van der Waals surface area contributed by atoms with Crippen molar-refractivity contribution in [3.63, 3.8) is 0 Å². The first-order chi connectivity index (χ1) is 10.0. The van der Waals surface area contributed by atoms with Gasteiger partial charge in [0.1, 0.15) is 0 Å². The average Bonchev–Trinajstić information content (AvgIpc) is 3.03. The summed E-state index contributed by atoms with van der Waals surface area (Å²) < 4.78 is 3.08. The molecule has 0 radical (unpaired) electrons. The van der Waals surface area contributed by atoms with Gasteiger partial charge in [0.25, 0.3) is 0 Å². The second-order valence-corrected chi connectivity index (χ2v) is 7.39. The van der Waals surface area contributed by atoms with E-state index in [1.807, 2.05) is 10.9 Å². The fourth-order valence-corrected chi connectivity index (χ4v) is 3.42. The molecular weight excluding hydrogens is 350 g/mol. The van der Waals surface area contributed by atoms with Gasteiger partial charge >= 0.3 is 0 Å². The number of likely N-dealkylation sites (N-methyl/N-ethyl adjacent to an activating group) is 1. The normalized spacial score (nSPS) is 11.7. The largest absolute Gasteiger partial charge is 0.309 e. The van der Waals surface area contributed by atoms with Gasteiger partial charge in [0.05, 0.1) is 12.2 Å². The Balaban J connectivity index is 1.74. The summed E-state index contributed by atoms with van der Waals surface area (Å²) in [5, 5.41) is 13.8. The maximum Gasteiger partial charge on any atom is 0.0964 e. The number of thiophene rings is 1. The molecule has 0 unspecified atom stereocenters. The van der Waals surface area contributed by atoms with Gasteiger partial charge in [0, 0.05) is 46.6 Å². The summed E-state index contributed by atoms with van der Waals surface area (Å²) in [6, 6.07) is 2.64. The lowest BCUT2D eigenvalue weighted by molar-refractivity contribution is 0.306. The van der Waals surface area contributed by atoms with E-state index in [1.165, 1.54) is 4.88 Å². The zero-order valence-electron chi connectivity index (χ0n) is 12.7. The molecule has 21 heavy (non-hydrogen) atoms. The van der Waals surface area contributed by atoms with Crippen molar-refractivity contribution in [2.45, 2.75) is 39.5 Å². The summed E-state index contributed by atoms with van der Waals surface area (Å²) >= 11 is 5.27. The first-order valence-electron chi connectivity index (χ1n) is 7.07. The molecule has 2 aromatic rings. The molecule has 0 bridgehead atoms. The molecule has 0 amide bonds. The molecule has 0 aliphatic heterocycles. The fourth-order valence-electron chi connectivity index (χ4n) is 1.89. The molecule has 0 atom stereocenters. The van der Waals surface area contributed by atoms with Gasteiger partial charge in [-0.2, -0.15) is 0 Å². The van der Waals surface area contributed by atoms with E-state index in [4.69, 9.17) is 0 Å². The summed E-state index contributed by atoms with van der Waals surface area (Å²) in [5.41, 5.74) is 0.994. The van der Waals surface area contributed by atoms with Crippen molar-refractivity contribution in [3.8, 4) is 0 Å². The third-order valence-corrected chi connectivity index (χ3v) is 4.72. The molecule has 2 rings (SSSR count). The summed E-state index contributed by atoms with van der Waals surface area (Å²) in [4.78, 5) is 3.66. The van der Waals surface area contributed by atoms with Crippen LogP contribution in [0.15, 0.2) is 22.1 Å². The second-order valence-electron chi connectivity index (χ2n) is 5.48. The Kier molecular flexibility index (Phi) is 6.35. The molecule has 2 aromatic heterocycles. The number of rotatable bonds is 8. The third-order valence-electron chi connectivity index (χ3n) is 3.04. The molecule has 5 nitrogen and oxygen atoms in total. The highest BCUT2D eigenvalue weighted by molar-refractivity contribution is 9.10. The molecule has 0 aliphatic carbocycles. The van der Waals surface area contributed by atoms with Gasteiger partial charge in [0.2, 0.25) is 0 Å². The zero-order chi connectivity index (χ0) is 15.2. The summed E-state index contributed by atoms with van der Waals surface area (Å²) in [5.74, 6) is 0. The fraction of sp³-hybridized carbons (Fsp3) is 0.571. The van der Waals surface area contributed by atoms with Crippen LogP contribution in [-0.4, -0.2) is 39.5 Å². The molecule has 0 aliphatic rings. The van der Waals surface area contributed by atoms with Crippen molar-refractivity contribution in [2.75, 3.05) is 13.6 Å². The van der Waals surface area contributed by atoms with E-state index < -0.39 is 0 Å². The van der Waals surface area contributed by atoms with Crippen LogP contribution in [0.4, 0.5) is 0 Å². The Morgan fingerprint density at radius 1 is 1.48 bits per heavy atom. The van der Waals surface area contributed by atoms with Crippen molar-refractivity contribution >= 4 is 27.3 Å². The third kappa shape index (κ3) is 5.86. The number of nitrogens with one attached hydrogen (secondary N) is 1. The van der Waals surface area contributed by atoms with Crippen LogP contribution in [0.2, 0.25) is 0 Å². The van der Waals surface area contributed by atoms with Crippen molar-refractivity contribution < 1.29 is 0 Å². The van der Waals surface area contributed by atoms with Crippen molar-refractivity contribution in [2.24, 2.45) is 0 Å². The maximum absolute atomic E-state index is 4.18. The van der Waals surface area contributed by atoms with E-state index in [2.05, 4.69) is 68.8 Å². The van der Waals surface area contributed by atoms with Crippen LogP contribution in [0, 0.1) is 0 Å². The molecule has 0 spiro atoms. The van der Waals surface area contributed by atoms with E-state index in [-0.39, 0.29) is 0 Å². The highest BCUT2D eigenvalue weighted by atomic mass is 79.9. The van der Waals surface area contributed by atoms with Crippen molar-refractivity contribution in [1.82, 2.24) is 25.2 Å². The molecule has 116 valence electrons. The van der Waals surface area contributed by atoms with Gasteiger partial charge in [-0.05, 0) is 29.0 Å². The van der Waals surface area contributed by atoms with Gasteiger partial charge < -0.3 is 5.32 Å². The van der Waals surface area contributed by atoms with E-state index in [0.29, 0.717) is 6.04 Å². The molecule has 0 aromatic carbocycles. The highest BCUT2D eigenvalue weighted by Gasteiger charge is 2.05. The minimum Gasteiger partial charge on any atom is -0.309 e. The molecular formula is C14H22BrN5S. The van der Waals surface area contributed by atoms with Gasteiger partial charge in [-0.25, -0.2) is 0 Å². The summed E-state index contributed by atoms with van der Waals surface area (Å²) in [6.45, 7) is 7.81. The van der Waals surface area contributed by atoms with Crippen LogP contribution in [0.3, 0.4) is 0 Å². The predicted molar refractivity (Wildman–Crippen MR) is 90.4 cm³/mol. The minimum absolute atomic E-state index is 0.464. The Bertz CT molecular complexity index is 551. The predicted octanol–water partition coefficient (Wildman–Crippen LogP) is 2.73. The molecule has 0 fully saturated rings. The lowest BCUT2D eigenvalue weighted by Crippen LogP contribution is -2.23.